The van der Waals surface area contributed by atoms with E-state index in [2.05, 4.69) is 0 Å². The van der Waals surface area contributed by atoms with Crippen molar-refractivity contribution in [3.63, 3.8) is 0 Å². The van der Waals surface area contributed by atoms with E-state index < -0.39 is 6.17 Å². The van der Waals surface area contributed by atoms with Crippen molar-refractivity contribution in [2.24, 2.45) is 0 Å². The zero-order valence-electron chi connectivity index (χ0n) is 17.3. The fourth-order valence-electron chi connectivity index (χ4n) is 4.35. The van der Waals surface area contributed by atoms with Gasteiger partial charge in [-0.25, -0.2) is 0 Å². The van der Waals surface area contributed by atoms with Crippen molar-refractivity contribution in [3.05, 3.63) is 77.4 Å². The van der Waals surface area contributed by atoms with Gasteiger partial charge >= 0.3 is 0 Å². The van der Waals surface area contributed by atoms with Crippen LogP contribution < -0.4 is 24.0 Å². The molecule has 0 fully saturated rings. The second-order valence-electron chi connectivity index (χ2n) is 7.20. The molecule has 2 aliphatic rings. The molecule has 7 heteroatoms. The van der Waals surface area contributed by atoms with Gasteiger partial charge in [-0.2, -0.15) is 0 Å². The highest BCUT2D eigenvalue weighted by Crippen LogP contribution is 2.50. The lowest BCUT2D eigenvalue weighted by atomic mass is 10.0. The zero-order valence-corrected chi connectivity index (χ0v) is 17.3. The van der Waals surface area contributed by atoms with Gasteiger partial charge in [-0.15, -0.1) is 0 Å². The quantitative estimate of drug-likeness (QED) is 0.642. The van der Waals surface area contributed by atoms with E-state index in [1.807, 2.05) is 24.3 Å². The molecule has 2 aliphatic heterocycles. The molecule has 0 aliphatic carbocycles. The second-order valence-corrected chi connectivity index (χ2v) is 7.20. The van der Waals surface area contributed by atoms with Gasteiger partial charge in [-0.05, 0) is 42.5 Å². The van der Waals surface area contributed by atoms with Crippen LogP contribution in [0.4, 0.5) is 11.4 Å². The molecule has 2 heterocycles. The van der Waals surface area contributed by atoms with Crippen LogP contribution >= 0.6 is 0 Å². The van der Waals surface area contributed by atoms with E-state index in [9.17, 15) is 9.59 Å². The van der Waals surface area contributed by atoms with Crippen LogP contribution in [0.3, 0.4) is 0 Å². The number of benzene rings is 3. The summed E-state index contributed by atoms with van der Waals surface area (Å²) in [5.74, 6) is 1.08. The lowest BCUT2D eigenvalue weighted by Gasteiger charge is -2.40. The molecule has 2 amide bonds. The van der Waals surface area contributed by atoms with E-state index in [4.69, 9.17) is 14.2 Å². The minimum atomic E-state index is -0.641. The van der Waals surface area contributed by atoms with Crippen LogP contribution in [0.1, 0.15) is 32.4 Å². The molecule has 7 nitrogen and oxygen atoms in total. The third kappa shape index (κ3) is 2.59. The summed E-state index contributed by atoms with van der Waals surface area (Å²) in [4.78, 5) is 30.5. The first-order valence-electron chi connectivity index (χ1n) is 9.75. The van der Waals surface area contributed by atoms with Gasteiger partial charge in [-0.3, -0.25) is 19.4 Å². The van der Waals surface area contributed by atoms with E-state index in [1.54, 1.807) is 53.3 Å². The number of para-hydroxylation sites is 1. The van der Waals surface area contributed by atoms with Gasteiger partial charge in [0, 0.05) is 11.3 Å². The Morgan fingerprint density at radius 3 is 2.16 bits per heavy atom. The van der Waals surface area contributed by atoms with Crippen molar-refractivity contribution >= 4 is 23.2 Å². The zero-order chi connectivity index (χ0) is 21.7. The molecule has 0 saturated carbocycles. The highest BCUT2D eigenvalue weighted by Gasteiger charge is 2.50. The molecule has 0 N–H and O–H groups in total. The normalized spacial score (nSPS) is 16.5. The largest absolute Gasteiger partial charge is 0.497 e. The number of hydrogen-bond donors (Lipinski definition) is 0. The number of rotatable bonds is 4. The van der Waals surface area contributed by atoms with Crippen LogP contribution in [0.15, 0.2) is 60.7 Å². The smallest absolute Gasteiger partial charge is 0.264 e. The van der Waals surface area contributed by atoms with Crippen LogP contribution in [0, 0.1) is 0 Å². The molecular formula is C24H20N2O5. The Labute approximate surface area is 179 Å². The van der Waals surface area contributed by atoms with Gasteiger partial charge in [0.2, 0.25) is 0 Å². The first kappa shape index (κ1) is 19.0. The summed E-state index contributed by atoms with van der Waals surface area (Å²) in [5.41, 5.74) is 2.77. The molecule has 0 spiro atoms. The van der Waals surface area contributed by atoms with Crippen LogP contribution in [-0.4, -0.2) is 33.1 Å². The Morgan fingerprint density at radius 1 is 0.742 bits per heavy atom. The average molecular weight is 416 g/mol. The molecule has 31 heavy (non-hydrogen) atoms. The number of carbonyl (C=O) groups excluding carboxylic acids is 2. The number of ether oxygens (including phenoxy) is 3. The number of nitrogens with zero attached hydrogens (tertiary/aromatic N) is 2. The van der Waals surface area contributed by atoms with Gasteiger partial charge in [0.1, 0.15) is 11.9 Å². The molecule has 0 radical (unpaired) electrons. The third-order valence-electron chi connectivity index (χ3n) is 5.74. The summed E-state index contributed by atoms with van der Waals surface area (Å²) in [7, 11) is 4.62. The Kier molecular flexibility index (Phi) is 4.32. The number of hydrogen-bond acceptors (Lipinski definition) is 5. The number of fused-ring (bicyclic) bond motifs is 5. The van der Waals surface area contributed by atoms with Gasteiger partial charge in [-0.1, -0.05) is 18.2 Å². The predicted molar refractivity (Wildman–Crippen MR) is 115 cm³/mol. The lowest BCUT2D eigenvalue weighted by molar-refractivity contribution is 0.0948. The third-order valence-corrected chi connectivity index (χ3v) is 5.74. The van der Waals surface area contributed by atoms with Crippen molar-refractivity contribution in [3.8, 4) is 17.2 Å². The highest BCUT2D eigenvalue weighted by atomic mass is 16.5. The van der Waals surface area contributed by atoms with E-state index in [0.717, 1.165) is 0 Å². The number of amides is 2. The molecule has 0 saturated heterocycles. The number of carbonyl (C=O) groups is 2. The molecule has 0 bridgehead atoms. The Hall–Kier alpha value is -4.00. The lowest BCUT2D eigenvalue weighted by Crippen LogP contribution is -2.48. The molecule has 3 aromatic rings. The van der Waals surface area contributed by atoms with Crippen LogP contribution in [-0.2, 0) is 0 Å². The van der Waals surface area contributed by atoms with Crippen LogP contribution in [0.2, 0.25) is 0 Å². The van der Waals surface area contributed by atoms with Gasteiger partial charge in [0.15, 0.2) is 11.5 Å². The first-order valence-corrected chi connectivity index (χ1v) is 9.75. The maximum absolute atomic E-state index is 13.7. The number of anilines is 2. The SMILES string of the molecule is COc1ccc(N2C(=O)c3ccccc3N3C(=O)c4c(ccc(OC)c4OC)[C@@H]23)cc1. The Morgan fingerprint density at radius 2 is 1.48 bits per heavy atom. The minimum Gasteiger partial charge on any atom is -0.497 e. The number of methoxy groups -OCH3 is 3. The van der Waals surface area contributed by atoms with Crippen molar-refractivity contribution in [2.45, 2.75) is 6.17 Å². The summed E-state index contributed by atoms with van der Waals surface area (Å²) in [6, 6.07) is 17.9. The Bertz CT molecular complexity index is 1210. The van der Waals surface area contributed by atoms with Gasteiger partial charge in [0.05, 0.1) is 38.1 Å². The van der Waals surface area contributed by atoms with E-state index >= 15 is 0 Å². The fraction of sp³-hybridized carbons (Fsp3) is 0.167. The van der Waals surface area contributed by atoms with Crippen molar-refractivity contribution < 1.29 is 23.8 Å². The van der Waals surface area contributed by atoms with E-state index in [0.29, 0.717) is 45.3 Å². The molecule has 0 aromatic heterocycles. The van der Waals surface area contributed by atoms with Gasteiger partial charge in [0.25, 0.3) is 11.8 Å². The summed E-state index contributed by atoms with van der Waals surface area (Å²) in [6.07, 6.45) is -0.641. The van der Waals surface area contributed by atoms with Crippen LogP contribution in [0.5, 0.6) is 17.2 Å². The molecule has 3 aromatic carbocycles. The molecule has 0 unspecified atom stereocenters. The highest BCUT2D eigenvalue weighted by molar-refractivity contribution is 6.22. The van der Waals surface area contributed by atoms with Crippen LogP contribution in [0.25, 0.3) is 0 Å². The molecule has 1 atom stereocenters. The van der Waals surface area contributed by atoms with Gasteiger partial charge < -0.3 is 14.2 Å². The van der Waals surface area contributed by atoms with E-state index in [1.165, 1.54) is 14.2 Å². The van der Waals surface area contributed by atoms with Crippen molar-refractivity contribution in [1.29, 1.82) is 0 Å². The standard InChI is InChI=1S/C24H20N2O5/c1-29-15-10-8-14(9-11-15)25-22-17-12-13-19(30-2)21(31-3)20(17)24(28)26(22)18-7-5-4-6-16(18)23(25)27/h4-13,22H,1-3H3/t22-/m0/s1. The second kappa shape index (κ2) is 7.05. The molecule has 5 rings (SSSR count). The van der Waals surface area contributed by atoms with Crippen molar-refractivity contribution in [1.82, 2.24) is 0 Å². The average Bonchev–Trinajstić information content (AvgIpc) is 3.11. The Balaban J connectivity index is 1.77. The summed E-state index contributed by atoms with van der Waals surface area (Å²) in [6.45, 7) is 0. The maximum Gasteiger partial charge on any atom is 0.264 e. The fourth-order valence-corrected chi connectivity index (χ4v) is 4.35. The summed E-state index contributed by atoms with van der Waals surface area (Å²) < 4.78 is 16.2. The summed E-state index contributed by atoms with van der Waals surface area (Å²) >= 11 is 0. The van der Waals surface area contributed by atoms with E-state index in [-0.39, 0.29) is 11.8 Å². The molecular weight excluding hydrogens is 396 g/mol. The molecule has 156 valence electrons. The summed E-state index contributed by atoms with van der Waals surface area (Å²) in [5, 5.41) is 0. The minimum absolute atomic E-state index is 0.183. The predicted octanol–water partition coefficient (Wildman–Crippen LogP) is 4.03. The topological polar surface area (TPSA) is 68.3 Å². The van der Waals surface area contributed by atoms with Crippen molar-refractivity contribution in [2.75, 3.05) is 31.1 Å². The first-order chi connectivity index (χ1) is 15.1. The monoisotopic (exact) mass is 416 g/mol. The maximum atomic E-state index is 13.7.